The predicted molar refractivity (Wildman–Crippen MR) is 57.7 cm³/mol. The van der Waals surface area contributed by atoms with E-state index in [0.29, 0.717) is 24.2 Å². The maximum atomic E-state index is 11.2. The van der Waals surface area contributed by atoms with E-state index in [4.69, 9.17) is 4.74 Å². The first kappa shape index (κ1) is 12.3. The zero-order chi connectivity index (χ0) is 12.0. The highest BCUT2D eigenvalue weighted by molar-refractivity contribution is 5.81. The summed E-state index contributed by atoms with van der Waals surface area (Å²) in [6.07, 6.45) is 5.00. The molecular weight excluding hydrogens is 208 g/mol. The fraction of sp³-hybridized carbons (Fsp3) is 0.455. The number of ether oxygens (including phenoxy) is 1. The van der Waals surface area contributed by atoms with E-state index in [9.17, 15) is 9.59 Å². The molecule has 87 valence electrons. The third-order valence-electron chi connectivity index (χ3n) is 1.98. The van der Waals surface area contributed by atoms with Crippen LogP contribution in [0.4, 0.5) is 0 Å². The Morgan fingerprint density at radius 2 is 1.94 bits per heavy atom. The van der Waals surface area contributed by atoms with E-state index >= 15 is 0 Å². The zero-order valence-corrected chi connectivity index (χ0v) is 9.42. The molecule has 1 aliphatic rings. The molecule has 0 aromatic rings. The molecule has 2 N–H and O–H groups in total. The quantitative estimate of drug-likeness (QED) is 0.733. The highest BCUT2D eigenvalue weighted by Crippen LogP contribution is 2.08. The van der Waals surface area contributed by atoms with Gasteiger partial charge in [-0.3, -0.25) is 9.59 Å². The third kappa shape index (κ3) is 3.42. The van der Waals surface area contributed by atoms with Crippen molar-refractivity contribution in [3.05, 3.63) is 23.7 Å². The molecule has 5 nitrogen and oxygen atoms in total. The van der Waals surface area contributed by atoms with Gasteiger partial charge in [0, 0.05) is 18.9 Å². The number of carbonyl (C=O) groups excluding carboxylic acids is 2. The minimum atomic E-state index is -0.137. The van der Waals surface area contributed by atoms with Crippen molar-refractivity contribution in [3.63, 3.8) is 0 Å². The molecule has 2 amide bonds. The fourth-order valence-corrected chi connectivity index (χ4v) is 1.06. The summed E-state index contributed by atoms with van der Waals surface area (Å²) in [6.45, 7) is 3.77. The number of rotatable bonds is 4. The minimum Gasteiger partial charge on any atom is -0.494 e. The Bertz CT molecular complexity index is 311. The van der Waals surface area contributed by atoms with Crippen molar-refractivity contribution in [2.75, 3.05) is 6.61 Å². The Morgan fingerprint density at radius 1 is 1.31 bits per heavy atom. The first-order chi connectivity index (χ1) is 7.67. The topological polar surface area (TPSA) is 67.4 Å². The first-order valence-electron chi connectivity index (χ1n) is 5.20. The summed E-state index contributed by atoms with van der Waals surface area (Å²) in [5.41, 5.74) is 0.916. The highest BCUT2D eigenvalue weighted by Gasteiger charge is 2.14. The van der Waals surface area contributed by atoms with E-state index in [1.165, 1.54) is 6.26 Å². The van der Waals surface area contributed by atoms with Gasteiger partial charge in [0.15, 0.2) is 0 Å². The Balaban J connectivity index is 2.66. The van der Waals surface area contributed by atoms with Crippen LogP contribution in [0.1, 0.15) is 26.7 Å². The largest absolute Gasteiger partial charge is 0.494 e. The first-order valence-corrected chi connectivity index (χ1v) is 5.20. The molecule has 5 heteroatoms. The van der Waals surface area contributed by atoms with E-state index < -0.39 is 0 Å². The van der Waals surface area contributed by atoms with Gasteiger partial charge in [0.1, 0.15) is 18.6 Å². The van der Waals surface area contributed by atoms with E-state index in [0.717, 1.165) is 0 Å². The monoisotopic (exact) mass is 223 g/mol. The molecule has 0 aliphatic carbocycles. The van der Waals surface area contributed by atoms with E-state index in [-0.39, 0.29) is 18.4 Å². The predicted octanol–water partition coefficient (Wildman–Crippen LogP) is 0.597. The molecule has 0 saturated heterocycles. The lowest BCUT2D eigenvalue weighted by Gasteiger charge is -2.17. The molecule has 0 aromatic heterocycles. The minimum absolute atomic E-state index is 0.124. The Labute approximate surface area is 94.5 Å². The lowest BCUT2D eigenvalue weighted by Crippen LogP contribution is -2.32. The molecule has 16 heavy (non-hydrogen) atoms. The van der Waals surface area contributed by atoms with Crippen molar-refractivity contribution < 1.29 is 14.3 Å². The van der Waals surface area contributed by atoms with Crippen molar-refractivity contribution in [2.45, 2.75) is 26.7 Å². The van der Waals surface area contributed by atoms with Gasteiger partial charge in [-0.25, -0.2) is 0 Å². The maximum absolute atomic E-state index is 11.2. The average molecular weight is 223 g/mol. The van der Waals surface area contributed by atoms with Gasteiger partial charge in [-0.05, 0) is 0 Å². The average Bonchev–Trinajstić information content (AvgIpc) is 2.31. The second kappa shape index (κ2) is 5.95. The van der Waals surface area contributed by atoms with Crippen LogP contribution in [0.15, 0.2) is 17.7 Å². The number of amides is 2. The molecule has 0 atom stereocenters. The van der Waals surface area contributed by atoms with Crippen LogP contribution in [0.5, 0.6) is 0 Å². The molecule has 0 bridgehead atoms. The van der Waals surface area contributed by atoms with Crippen LogP contribution in [0.3, 0.4) is 0 Å². The Hall–Kier alpha value is -1.78. The SMILES string of the molecule is CCC(=O)NC1=[C]COC=C1NC(=O)CC. The molecule has 1 heterocycles. The molecule has 1 rings (SSSR count). The lowest BCUT2D eigenvalue weighted by atomic mass is 10.2. The summed E-state index contributed by atoms with van der Waals surface area (Å²) in [5.74, 6) is -0.261. The summed E-state index contributed by atoms with van der Waals surface area (Å²) < 4.78 is 5.01. The van der Waals surface area contributed by atoms with Gasteiger partial charge in [-0.1, -0.05) is 13.8 Å². The molecule has 1 radical (unpaired) electrons. The van der Waals surface area contributed by atoms with Crippen molar-refractivity contribution >= 4 is 11.8 Å². The number of nitrogens with one attached hydrogen (secondary N) is 2. The Kier molecular flexibility index (Phi) is 4.57. The summed E-state index contributed by atoms with van der Waals surface area (Å²) >= 11 is 0. The molecule has 0 spiro atoms. The smallest absolute Gasteiger partial charge is 0.224 e. The van der Waals surface area contributed by atoms with Gasteiger partial charge in [-0.2, -0.15) is 0 Å². The summed E-state index contributed by atoms with van der Waals surface area (Å²) in [4.78, 5) is 22.4. The summed E-state index contributed by atoms with van der Waals surface area (Å²) in [6, 6.07) is 0. The van der Waals surface area contributed by atoms with Crippen LogP contribution in [-0.4, -0.2) is 18.4 Å². The van der Waals surface area contributed by atoms with Crippen molar-refractivity contribution in [1.29, 1.82) is 0 Å². The van der Waals surface area contributed by atoms with Crippen molar-refractivity contribution in [2.24, 2.45) is 0 Å². The molecular formula is C11H15N2O3. The van der Waals surface area contributed by atoms with Gasteiger partial charge in [-0.15, -0.1) is 0 Å². The van der Waals surface area contributed by atoms with Crippen LogP contribution in [0.25, 0.3) is 0 Å². The van der Waals surface area contributed by atoms with Crippen LogP contribution in [0, 0.1) is 6.08 Å². The van der Waals surface area contributed by atoms with Crippen LogP contribution < -0.4 is 10.6 Å². The maximum Gasteiger partial charge on any atom is 0.224 e. The number of hydrogen-bond acceptors (Lipinski definition) is 3. The second-order valence-electron chi connectivity index (χ2n) is 3.20. The normalized spacial score (nSPS) is 14.4. The second-order valence-corrected chi connectivity index (χ2v) is 3.20. The highest BCUT2D eigenvalue weighted by atomic mass is 16.5. The molecule has 0 saturated carbocycles. The van der Waals surface area contributed by atoms with Gasteiger partial charge in [0.25, 0.3) is 0 Å². The van der Waals surface area contributed by atoms with Crippen LogP contribution >= 0.6 is 0 Å². The third-order valence-corrected chi connectivity index (χ3v) is 1.98. The Morgan fingerprint density at radius 3 is 2.56 bits per heavy atom. The number of carbonyl (C=O) groups is 2. The summed E-state index contributed by atoms with van der Waals surface area (Å²) in [5, 5.41) is 5.28. The summed E-state index contributed by atoms with van der Waals surface area (Å²) in [7, 11) is 0. The van der Waals surface area contributed by atoms with E-state index in [2.05, 4.69) is 16.7 Å². The van der Waals surface area contributed by atoms with Gasteiger partial charge >= 0.3 is 0 Å². The van der Waals surface area contributed by atoms with Crippen molar-refractivity contribution in [3.8, 4) is 0 Å². The van der Waals surface area contributed by atoms with Crippen molar-refractivity contribution in [1.82, 2.24) is 10.6 Å². The van der Waals surface area contributed by atoms with E-state index in [1.54, 1.807) is 13.8 Å². The number of hydrogen-bond donors (Lipinski definition) is 2. The van der Waals surface area contributed by atoms with E-state index in [1.807, 2.05) is 0 Å². The van der Waals surface area contributed by atoms with Crippen LogP contribution in [-0.2, 0) is 14.3 Å². The van der Waals surface area contributed by atoms with Gasteiger partial charge in [0.05, 0.1) is 5.70 Å². The van der Waals surface area contributed by atoms with Gasteiger partial charge in [0.2, 0.25) is 11.8 Å². The molecule has 0 unspecified atom stereocenters. The van der Waals surface area contributed by atoms with Crippen LogP contribution in [0.2, 0.25) is 0 Å². The lowest BCUT2D eigenvalue weighted by molar-refractivity contribution is -0.121. The van der Waals surface area contributed by atoms with Gasteiger partial charge < -0.3 is 15.4 Å². The molecule has 0 aromatic carbocycles. The molecule has 0 fully saturated rings. The standard InChI is InChI=1S/C11H15N2O3/c1-3-10(14)12-8-5-6-16-7-9(8)13-11(15)4-2/h7H,3-4,6H2,1-2H3,(H,12,14)(H,13,15). The zero-order valence-electron chi connectivity index (χ0n) is 9.42. The fourth-order valence-electron chi connectivity index (χ4n) is 1.06. The molecule has 1 aliphatic heterocycles.